The molecule has 8 heteroatoms. The molecule has 6 heterocycles. The van der Waals surface area contributed by atoms with Crippen molar-refractivity contribution in [1.29, 1.82) is 0 Å². The maximum Gasteiger partial charge on any atom is 0.0572 e. The summed E-state index contributed by atoms with van der Waals surface area (Å²) in [6.45, 7) is 12.7. The van der Waals surface area contributed by atoms with Crippen LogP contribution in [0.25, 0.3) is 61.1 Å². The Bertz CT molecular complexity index is 2280. The monoisotopic (exact) mass is 854 g/mol. The standard InChI is InChI=1S/C21H21N3.C19H15N3.I2/c1-4-14(2)17-6-5-16(11-15(17)3)24-20-7-9-22-12-18(20)19-13-23-10-8-21(19)24;1-3-14-4-5-15(10-13(14)2)22-18-6-8-20-11-16(18)17-12-21-9-7-19(17)22;1-2/h5-14H,4H2,1-3H3;3-12H,1H2,2H3;. The number of nitrogens with zero attached hydrogens (tertiary/aromatic N) is 6. The van der Waals surface area contributed by atoms with Crippen LogP contribution >= 0.6 is 37.2 Å². The molecule has 0 N–H and O–H groups in total. The Morgan fingerprint density at radius 3 is 1.38 bits per heavy atom. The summed E-state index contributed by atoms with van der Waals surface area (Å²) in [5.41, 5.74) is 12.1. The summed E-state index contributed by atoms with van der Waals surface area (Å²) in [5.74, 6) is 0.589. The van der Waals surface area contributed by atoms with Crippen molar-refractivity contribution in [2.75, 3.05) is 0 Å². The van der Waals surface area contributed by atoms with Gasteiger partial charge in [-0.1, -0.05) is 38.6 Å². The van der Waals surface area contributed by atoms with E-state index in [2.05, 4.69) is 149 Å². The summed E-state index contributed by atoms with van der Waals surface area (Å²) in [6.07, 6.45) is 18.1. The molecular formula is C40H36I2N6. The molecule has 0 amide bonds. The van der Waals surface area contributed by atoms with E-state index in [9.17, 15) is 0 Å². The lowest BCUT2D eigenvalue weighted by molar-refractivity contribution is 0.728. The molecule has 240 valence electrons. The molecule has 6 nitrogen and oxygen atoms in total. The quantitative estimate of drug-likeness (QED) is 0.162. The van der Waals surface area contributed by atoms with Crippen LogP contribution in [0, 0.1) is 13.8 Å². The Kier molecular flexibility index (Phi) is 10.5. The van der Waals surface area contributed by atoms with Gasteiger partial charge in [0.25, 0.3) is 0 Å². The number of aryl methyl sites for hydroxylation is 2. The first-order valence-corrected chi connectivity index (χ1v) is 22.1. The first-order valence-electron chi connectivity index (χ1n) is 15.8. The number of hydrogen-bond acceptors (Lipinski definition) is 4. The van der Waals surface area contributed by atoms with Gasteiger partial charge in [0.1, 0.15) is 0 Å². The highest BCUT2D eigenvalue weighted by Crippen LogP contribution is 2.33. The minimum Gasteiger partial charge on any atom is -0.309 e. The highest BCUT2D eigenvalue weighted by atomic mass is 128. The Hall–Kier alpha value is -4.16. The van der Waals surface area contributed by atoms with Crippen molar-refractivity contribution in [1.82, 2.24) is 29.1 Å². The minimum atomic E-state index is 0.589. The summed E-state index contributed by atoms with van der Waals surface area (Å²) < 4.78 is 4.56. The fraction of sp³-hybridized carbons (Fsp3) is 0.150. The second kappa shape index (κ2) is 14.9. The molecule has 8 rings (SSSR count). The predicted octanol–water partition coefficient (Wildman–Crippen LogP) is 11.7. The van der Waals surface area contributed by atoms with Gasteiger partial charge in [-0.05, 0) is 97.0 Å². The molecule has 1 atom stereocenters. The second-order valence-corrected chi connectivity index (χ2v) is 11.8. The van der Waals surface area contributed by atoms with Gasteiger partial charge in [0.15, 0.2) is 0 Å². The number of pyridine rings is 4. The average molecular weight is 855 g/mol. The van der Waals surface area contributed by atoms with Gasteiger partial charge in [0.05, 0.1) is 22.1 Å². The Labute approximate surface area is 304 Å². The maximum absolute atomic E-state index is 4.29. The molecule has 2 aromatic carbocycles. The Morgan fingerprint density at radius 1 is 0.625 bits per heavy atom. The van der Waals surface area contributed by atoms with Crippen LogP contribution in [-0.2, 0) is 0 Å². The van der Waals surface area contributed by atoms with E-state index in [1.54, 1.807) is 0 Å². The minimum absolute atomic E-state index is 0.589. The van der Waals surface area contributed by atoms with Crippen LogP contribution in [-0.4, -0.2) is 29.1 Å². The van der Waals surface area contributed by atoms with Crippen LogP contribution in [0.2, 0.25) is 0 Å². The lowest BCUT2D eigenvalue weighted by atomic mass is 9.94. The molecule has 0 aliphatic carbocycles. The molecule has 0 fully saturated rings. The van der Waals surface area contributed by atoms with Crippen LogP contribution < -0.4 is 0 Å². The fourth-order valence-electron chi connectivity index (χ4n) is 6.57. The fourth-order valence-corrected chi connectivity index (χ4v) is 6.57. The van der Waals surface area contributed by atoms with Crippen molar-refractivity contribution in [3.05, 3.63) is 139 Å². The highest BCUT2D eigenvalue weighted by molar-refractivity contribution is 15.0. The van der Waals surface area contributed by atoms with Gasteiger partial charge in [-0.3, -0.25) is 19.9 Å². The number of rotatable bonds is 5. The molecule has 1 unspecified atom stereocenters. The van der Waals surface area contributed by atoms with Gasteiger partial charge >= 0.3 is 0 Å². The van der Waals surface area contributed by atoms with E-state index in [1.807, 2.05) is 67.8 Å². The largest absolute Gasteiger partial charge is 0.309 e. The second-order valence-electron chi connectivity index (χ2n) is 11.8. The smallest absolute Gasteiger partial charge is 0.0572 e. The summed E-state index contributed by atoms with van der Waals surface area (Å²) in [5, 5.41) is 4.53. The lowest BCUT2D eigenvalue weighted by Gasteiger charge is -2.15. The lowest BCUT2D eigenvalue weighted by Crippen LogP contribution is -1.99. The van der Waals surface area contributed by atoms with Crippen LogP contribution in [0.15, 0.2) is 117 Å². The SMILES string of the molecule is C=Cc1ccc(-n2c3ccncc3c3cnccc32)cc1C.CCC(C)c1ccc(-n2c3ccncc3c3cnccc32)cc1C.II. The molecule has 8 aromatic rings. The highest BCUT2D eigenvalue weighted by Gasteiger charge is 2.15. The molecule has 0 spiro atoms. The first-order chi connectivity index (χ1) is 23.5. The first kappa shape index (κ1) is 33.7. The summed E-state index contributed by atoms with van der Waals surface area (Å²) in [6, 6.07) is 21.5. The average Bonchev–Trinajstić information content (AvgIpc) is 3.65. The number of aromatic nitrogens is 6. The van der Waals surface area contributed by atoms with Gasteiger partial charge < -0.3 is 9.13 Å². The number of fused-ring (bicyclic) bond motifs is 6. The summed E-state index contributed by atoms with van der Waals surface area (Å²) in [4.78, 5) is 17.1. The molecular weight excluding hydrogens is 818 g/mol. The molecule has 0 bridgehead atoms. The van der Waals surface area contributed by atoms with E-state index in [0.717, 1.165) is 50.2 Å². The molecule has 0 aliphatic rings. The van der Waals surface area contributed by atoms with Crippen LogP contribution in [0.5, 0.6) is 0 Å². The van der Waals surface area contributed by atoms with E-state index < -0.39 is 0 Å². The van der Waals surface area contributed by atoms with Crippen molar-refractivity contribution in [3.63, 3.8) is 0 Å². The zero-order valence-corrected chi connectivity index (χ0v) is 31.7. The maximum atomic E-state index is 4.29. The Morgan fingerprint density at radius 2 is 1.02 bits per heavy atom. The van der Waals surface area contributed by atoms with Gasteiger partial charge in [-0.25, -0.2) is 0 Å². The molecule has 0 aliphatic heterocycles. The van der Waals surface area contributed by atoms with E-state index >= 15 is 0 Å². The molecule has 48 heavy (non-hydrogen) atoms. The third kappa shape index (κ3) is 6.23. The Balaban J connectivity index is 0.000000160. The van der Waals surface area contributed by atoms with Crippen molar-refractivity contribution in [3.8, 4) is 11.4 Å². The molecule has 0 saturated carbocycles. The number of benzene rings is 2. The number of hydrogen-bond donors (Lipinski definition) is 0. The van der Waals surface area contributed by atoms with E-state index in [-0.39, 0.29) is 0 Å². The summed E-state index contributed by atoms with van der Waals surface area (Å²) in [7, 11) is 0. The van der Waals surface area contributed by atoms with Crippen LogP contribution in [0.3, 0.4) is 0 Å². The third-order valence-electron chi connectivity index (χ3n) is 9.12. The molecule has 0 saturated heterocycles. The molecule has 0 radical (unpaired) electrons. The van der Waals surface area contributed by atoms with Gasteiger partial charge in [0, 0.05) is 120 Å². The van der Waals surface area contributed by atoms with E-state index in [4.69, 9.17) is 0 Å². The summed E-state index contributed by atoms with van der Waals surface area (Å²) >= 11 is 4.24. The van der Waals surface area contributed by atoms with Gasteiger partial charge in [0.2, 0.25) is 0 Å². The molecule has 6 aromatic heterocycles. The number of halogens is 2. The van der Waals surface area contributed by atoms with E-state index in [0.29, 0.717) is 5.92 Å². The van der Waals surface area contributed by atoms with Crippen LogP contribution in [0.4, 0.5) is 0 Å². The van der Waals surface area contributed by atoms with Crippen molar-refractivity contribution < 1.29 is 0 Å². The zero-order valence-electron chi connectivity index (χ0n) is 27.4. The topological polar surface area (TPSA) is 61.4 Å². The van der Waals surface area contributed by atoms with Crippen molar-refractivity contribution in [2.24, 2.45) is 0 Å². The normalized spacial score (nSPS) is 11.6. The van der Waals surface area contributed by atoms with Crippen molar-refractivity contribution in [2.45, 2.75) is 40.0 Å². The van der Waals surface area contributed by atoms with Gasteiger partial charge in [-0.15, -0.1) is 0 Å². The zero-order chi connectivity index (χ0) is 33.8. The third-order valence-corrected chi connectivity index (χ3v) is 9.12. The van der Waals surface area contributed by atoms with Crippen LogP contribution in [0.1, 0.15) is 48.4 Å². The van der Waals surface area contributed by atoms with Gasteiger partial charge in [-0.2, -0.15) is 0 Å². The van der Waals surface area contributed by atoms with Crippen molar-refractivity contribution >= 4 is 86.9 Å². The van der Waals surface area contributed by atoms with E-state index in [1.165, 1.54) is 33.4 Å². The predicted molar refractivity (Wildman–Crippen MR) is 219 cm³/mol.